The molecule has 0 bridgehead atoms. The van der Waals surface area contributed by atoms with Crippen LogP contribution in [0.2, 0.25) is 0 Å². The van der Waals surface area contributed by atoms with Crippen molar-refractivity contribution in [2.24, 2.45) is 0 Å². The molecule has 0 aliphatic rings. The highest BCUT2D eigenvalue weighted by Gasteiger charge is 2.08. The van der Waals surface area contributed by atoms with Gasteiger partial charge in [0.25, 0.3) is 0 Å². The molecule has 5 heteroatoms. The highest BCUT2D eigenvalue weighted by atomic mass is 127. The zero-order valence-electron chi connectivity index (χ0n) is 10.1. The van der Waals surface area contributed by atoms with Gasteiger partial charge in [0.15, 0.2) is 0 Å². The molecule has 0 unspecified atom stereocenters. The summed E-state index contributed by atoms with van der Waals surface area (Å²) in [6.45, 7) is 2.38. The minimum absolute atomic E-state index is 0.0490. The molecule has 0 aliphatic heterocycles. The van der Waals surface area contributed by atoms with Crippen LogP contribution in [0.25, 0.3) is 0 Å². The number of carbonyl (C=O) groups is 2. The molecule has 0 aromatic heterocycles. The molecular weight excluding hydrogens is 347 g/mol. The van der Waals surface area contributed by atoms with Crippen LogP contribution in [-0.2, 0) is 14.3 Å². The summed E-state index contributed by atoms with van der Waals surface area (Å²) in [6, 6.07) is 7.04. The predicted octanol–water partition coefficient (Wildman–Crippen LogP) is 2.79. The van der Waals surface area contributed by atoms with Crippen LogP contribution >= 0.6 is 22.6 Å². The summed E-state index contributed by atoms with van der Waals surface area (Å²) in [4.78, 5) is 22.7. The molecule has 0 fully saturated rings. The van der Waals surface area contributed by atoms with E-state index < -0.39 is 5.97 Å². The molecule has 0 saturated heterocycles. The van der Waals surface area contributed by atoms with E-state index in [1.807, 2.05) is 19.1 Å². The number of halogens is 1. The van der Waals surface area contributed by atoms with Gasteiger partial charge in [0.1, 0.15) is 6.61 Å². The Balaban J connectivity index is 2.29. The van der Waals surface area contributed by atoms with Gasteiger partial charge in [0.2, 0.25) is 0 Å². The molecule has 0 atom stereocenters. The molecule has 0 amide bonds. The first kappa shape index (κ1) is 14.9. The van der Waals surface area contributed by atoms with Crippen molar-refractivity contribution in [3.63, 3.8) is 0 Å². The van der Waals surface area contributed by atoms with Crippen molar-refractivity contribution in [1.29, 1.82) is 0 Å². The van der Waals surface area contributed by atoms with Crippen molar-refractivity contribution >= 4 is 34.5 Å². The number of rotatable bonds is 6. The maximum Gasteiger partial charge on any atom is 0.338 e. The maximum atomic E-state index is 11.6. The molecule has 0 N–H and O–H groups in total. The van der Waals surface area contributed by atoms with Crippen molar-refractivity contribution in [1.82, 2.24) is 0 Å². The minimum Gasteiger partial charge on any atom is -0.466 e. The van der Waals surface area contributed by atoms with Crippen molar-refractivity contribution < 1.29 is 19.1 Å². The Morgan fingerprint density at radius 3 is 2.39 bits per heavy atom. The molecule has 0 radical (unpaired) electrons. The Labute approximate surface area is 120 Å². The molecule has 0 aliphatic carbocycles. The zero-order chi connectivity index (χ0) is 13.4. The van der Waals surface area contributed by atoms with Gasteiger partial charge in [-0.3, -0.25) is 4.79 Å². The lowest BCUT2D eigenvalue weighted by atomic mass is 10.2. The topological polar surface area (TPSA) is 52.6 Å². The summed E-state index contributed by atoms with van der Waals surface area (Å²) in [6.07, 6.45) is 0.879. The minimum atomic E-state index is -0.422. The monoisotopic (exact) mass is 362 g/mol. The van der Waals surface area contributed by atoms with Gasteiger partial charge in [-0.05, 0) is 53.3 Å². The van der Waals surface area contributed by atoms with Crippen LogP contribution in [0.1, 0.15) is 30.1 Å². The van der Waals surface area contributed by atoms with Gasteiger partial charge in [-0.2, -0.15) is 0 Å². The fraction of sp³-hybridized carbons (Fsp3) is 0.385. The lowest BCUT2D eigenvalue weighted by Crippen LogP contribution is -2.12. The Morgan fingerprint density at radius 2 is 1.78 bits per heavy atom. The number of hydrogen-bond acceptors (Lipinski definition) is 4. The zero-order valence-corrected chi connectivity index (χ0v) is 12.3. The average molecular weight is 362 g/mol. The lowest BCUT2D eigenvalue weighted by Gasteiger charge is -2.05. The summed E-state index contributed by atoms with van der Waals surface area (Å²) in [7, 11) is 0. The average Bonchev–Trinajstić information content (AvgIpc) is 2.37. The van der Waals surface area contributed by atoms with Crippen LogP contribution in [0.5, 0.6) is 0 Å². The molecule has 0 saturated carbocycles. The quantitative estimate of drug-likeness (QED) is 0.577. The highest BCUT2D eigenvalue weighted by molar-refractivity contribution is 14.1. The molecule has 1 aromatic rings. The molecular formula is C13H15IO4. The Hall–Kier alpha value is -1.11. The van der Waals surface area contributed by atoms with Crippen molar-refractivity contribution in [2.45, 2.75) is 19.8 Å². The first-order chi connectivity index (χ1) is 8.63. The van der Waals surface area contributed by atoms with Crippen LogP contribution in [-0.4, -0.2) is 25.2 Å². The first-order valence-corrected chi connectivity index (χ1v) is 6.79. The molecule has 18 heavy (non-hydrogen) atoms. The number of esters is 2. The smallest absolute Gasteiger partial charge is 0.338 e. The Kier molecular flexibility index (Phi) is 6.70. The maximum absolute atomic E-state index is 11.6. The van der Waals surface area contributed by atoms with Crippen LogP contribution in [0.15, 0.2) is 24.3 Å². The van der Waals surface area contributed by atoms with Crippen molar-refractivity contribution in [3.8, 4) is 0 Å². The van der Waals surface area contributed by atoms with E-state index in [0.29, 0.717) is 12.2 Å². The van der Waals surface area contributed by atoms with Gasteiger partial charge in [-0.15, -0.1) is 0 Å². The number of benzene rings is 1. The SMILES string of the molecule is CCCOC(=O)CCOC(=O)c1ccc(I)cc1. The summed E-state index contributed by atoms with van der Waals surface area (Å²) < 4.78 is 10.9. The van der Waals surface area contributed by atoms with Gasteiger partial charge in [-0.1, -0.05) is 6.92 Å². The van der Waals surface area contributed by atoms with Crippen LogP contribution in [0.3, 0.4) is 0 Å². The highest BCUT2D eigenvalue weighted by Crippen LogP contribution is 2.08. The van der Waals surface area contributed by atoms with E-state index in [1.165, 1.54) is 0 Å². The molecule has 98 valence electrons. The first-order valence-electron chi connectivity index (χ1n) is 5.71. The third kappa shape index (κ3) is 5.48. The van der Waals surface area contributed by atoms with E-state index >= 15 is 0 Å². The van der Waals surface area contributed by atoms with E-state index in [9.17, 15) is 9.59 Å². The number of hydrogen-bond donors (Lipinski definition) is 0. The largest absolute Gasteiger partial charge is 0.466 e. The van der Waals surface area contributed by atoms with Crippen LogP contribution < -0.4 is 0 Å². The fourth-order valence-corrected chi connectivity index (χ4v) is 1.54. The fourth-order valence-electron chi connectivity index (χ4n) is 1.18. The molecule has 0 heterocycles. The second-order valence-electron chi connectivity index (χ2n) is 3.61. The van der Waals surface area contributed by atoms with Gasteiger partial charge in [0.05, 0.1) is 18.6 Å². The summed E-state index contributed by atoms with van der Waals surface area (Å²) in [5.41, 5.74) is 0.484. The Morgan fingerprint density at radius 1 is 1.11 bits per heavy atom. The molecule has 1 rings (SSSR count). The normalized spacial score (nSPS) is 9.89. The number of ether oxygens (including phenoxy) is 2. The third-order valence-corrected chi connectivity index (χ3v) is 2.81. The second kappa shape index (κ2) is 8.07. The van der Waals surface area contributed by atoms with Gasteiger partial charge >= 0.3 is 11.9 Å². The summed E-state index contributed by atoms with van der Waals surface area (Å²) in [5.74, 6) is -0.762. The van der Waals surface area contributed by atoms with Gasteiger partial charge in [0, 0.05) is 3.57 Å². The van der Waals surface area contributed by atoms with E-state index in [4.69, 9.17) is 9.47 Å². The van der Waals surface area contributed by atoms with Gasteiger partial charge in [-0.25, -0.2) is 4.79 Å². The third-order valence-electron chi connectivity index (χ3n) is 2.09. The van der Waals surface area contributed by atoms with Gasteiger partial charge < -0.3 is 9.47 Å². The van der Waals surface area contributed by atoms with E-state index in [-0.39, 0.29) is 19.0 Å². The summed E-state index contributed by atoms with van der Waals surface area (Å²) in [5, 5.41) is 0. The summed E-state index contributed by atoms with van der Waals surface area (Å²) >= 11 is 2.16. The van der Waals surface area contributed by atoms with Crippen LogP contribution in [0.4, 0.5) is 0 Å². The standard InChI is InChI=1S/C13H15IO4/c1-2-8-17-12(15)7-9-18-13(16)10-3-5-11(14)6-4-10/h3-6H,2,7-9H2,1H3. The molecule has 4 nitrogen and oxygen atoms in total. The second-order valence-corrected chi connectivity index (χ2v) is 4.86. The van der Waals surface area contributed by atoms with E-state index in [1.54, 1.807) is 12.1 Å². The Bertz CT molecular complexity index is 400. The van der Waals surface area contributed by atoms with Crippen LogP contribution in [0, 0.1) is 3.57 Å². The lowest BCUT2D eigenvalue weighted by molar-refractivity contribution is -0.144. The van der Waals surface area contributed by atoms with E-state index in [2.05, 4.69) is 22.6 Å². The van der Waals surface area contributed by atoms with Crippen molar-refractivity contribution in [3.05, 3.63) is 33.4 Å². The molecule has 1 aromatic carbocycles. The number of carbonyl (C=O) groups excluding carboxylic acids is 2. The van der Waals surface area contributed by atoms with E-state index in [0.717, 1.165) is 9.99 Å². The van der Waals surface area contributed by atoms with Crippen molar-refractivity contribution in [2.75, 3.05) is 13.2 Å². The predicted molar refractivity (Wildman–Crippen MR) is 75.3 cm³/mol. The molecule has 0 spiro atoms.